The number of amides is 1. The van der Waals surface area contributed by atoms with Crippen molar-refractivity contribution in [2.45, 2.75) is 51.9 Å². The van der Waals surface area contributed by atoms with E-state index in [9.17, 15) is 9.90 Å². The maximum atomic E-state index is 12.0. The number of rotatable bonds is 3. The van der Waals surface area contributed by atoms with Crippen LogP contribution in [0, 0.1) is 5.92 Å². The molecule has 0 spiro atoms. The summed E-state index contributed by atoms with van der Waals surface area (Å²) in [5.74, 6) is 0.115. The van der Waals surface area contributed by atoms with Crippen molar-refractivity contribution in [2.75, 3.05) is 18.0 Å². The van der Waals surface area contributed by atoms with Crippen molar-refractivity contribution in [2.24, 2.45) is 5.92 Å². The maximum Gasteiger partial charge on any atom is 0.407 e. The number of anilines is 1. The molecule has 1 aliphatic rings. The molecule has 0 aliphatic carbocycles. The molecule has 1 saturated heterocycles. The Morgan fingerprint density at radius 2 is 1.96 bits per heavy atom. The fraction of sp³-hybridized carbons (Fsp3) is 0.611. The van der Waals surface area contributed by atoms with Gasteiger partial charge in [0, 0.05) is 24.7 Å². The van der Waals surface area contributed by atoms with Crippen LogP contribution in [0.2, 0.25) is 0 Å². The molecular weight excluding hydrogens is 292 g/mol. The van der Waals surface area contributed by atoms with Crippen LogP contribution in [-0.4, -0.2) is 42.0 Å². The lowest BCUT2D eigenvalue weighted by Gasteiger charge is -2.40. The van der Waals surface area contributed by atoms with E-state index in [2.05, 4.69) is 22.3 Å². The molecule has 1 aromatic rings. The topological polar surface area (TPSA) is 61.8 Å². The zero-order valence-corrected chi connectivity index (χ0v) is 14.5. The van der Waals surface area contributed by atoms with Crippen LogP contribution in [0.25, 0.3) is 0 Å². The number of piperidine rings is 1. The Morgan fingerprint density at radius 1 is 1.30 bits per heavy atom. The van der Waals surface area contributed by atoms with Crippen molar-refractivity contribution >= 4 is 11.8 Å². The first-order valence-electron chi connectivity index (χ1n) is 8.22. The van der Waals surface area contributed by atoms with Crippen LogP contribution in [0.4, 0.5) is 10.5 Å². The van der Waals surface area contributed by atoms with Crippen molar-refractivity contribution in [3.63, 3.8) is 0 Å². The zero-order valence-electron chi connectivity index (χ0n) is 14.5. The smallest absolute Gasteiger partial charge is 0.407 e. The van der Waals surface area contributed by atoms with Crippen LogP contribution in [-0.2, 0) is 4.74 Å². The average Bonchev–Trinajstić information content (AvgIpc) is 2.45. The van der Waals surface area contributed by atoms with E-state index in [0.29, 0.717) is 6.54 Å². The number of para-hydroxylation sites is 1. The number of aliphatic hydroxyl groups excluding tert-OH is 1. The molecule has 5 heteroatoms. The van der Waals surface area contributed by atoms with Crippen molar-refractivity contribution in [1.29, 1.82) is 0 Å². The number of aliphatic hydroxyl groups is 1. The standard InChI is InChI=1S/C18H28N2O3/c1-13(21)14-10-15(19-17(22)23-18(2,3)4)12-20(11-14)16-8-6-5-7-9-16/h5-9,13-15,21H,10-12H2,1-4H3,(H,19,22). The lowest BCUT2D eigenvalue weighted by atomic mass is 9.90. The van der Waals surface area contributed by atoms with Gasteiger partial charge in [0.15, 0.2) is 0 Å². The fourth-order valence-electron chi connectivity index (χ4n) is 2.92. The van der Waals surface area contributed by atoms with Gasteiger partial charge in [-0.1, -0.05) is 18.2 Å². The summed E-state index contributed by atoms with van der Waals surface area (Å²) in [6, 6.07) is 10.0. The van der Waals surface area contributed by atoms with Gasteiger partial charge in [-0.15, -0.1) is 0 Å². The molecule has 128 valence electrons. The minimum absolute atomic E-state index is 0.0431. The molecule has 1 aromatic carbocycles. The Balaban J connectivity index is 2.05. The van der Waals surface area contributed by atoms with E-state index >= 15 is 0 Å². The van der Waals surface area contributed by atoms with Gasteiger partial charge in [0.05, 0.1) is 12.1 Å². The summed E-state index contributed by atoms with van der Waals surface area (Å²) < 4.78 is 5.35. The van der Waals surface area contributed by atoms with Gasteiger partial charge in [0.1, 0.15) is 5.60 Å². The molecule has 1 aliphatic heterocycles. The predicted molar refractivity (Wildman–Crippen MR) is 91.6 cm³/mol. The van der Waals surface area contributed by atoms with Crippen molar-refractivity contribution < 1.29 is 14.6 Å². The van der Waals surface area contributed by atoms with Crippen LogP contribution >= 0.6 is 0 Å². The van der Waals surface area contributed by atoms with Gasteiger partial charge in [-0.05, 0) is 46.2 Å². The Kier molecular flexibility index (Phi) is 5.52. The van der Waals surface area contributed by atoms with Crippen LogP contribution in [0.1, 0.15) is 34.1 Å². The second-order valence-corrected chi connectivity index (χ2v) is 7.32. The number of ether oxygens (including phenoxy) is 1. The Bertz CT molecular complexity index is 511. The highest BCUT2D eigenvalue weighted by atomic mass is 16.6. The second kappa shape index (κ2) is 7.21. The number of alkyl carbamates (subject to hydrolysis) is 1. The summed E-state index contributed by atoms with van der Waals surface area (Å²) >= 11 is 0. The molecule has 0 aromatic heterocycles. The second-order valence-electron chi connectivity index (χ2n) is 7.32. The molecular formula is C18H28N2O3. The fourth-order valence-corrected chi connectivity index (χ4v) is 2.92. The van der Waals surface area contributed by atoms with Gasteiger partial charge >= 0.3 is 6.09 Å². The summed E-state index contributed by atoms with van der Waals surface area (Å²) in [5.41, 5.74) is 0.593. The Hall–Kier alpha value is -1.75. The third-order valence-electron chi connectivity index (χ3n) is 4.01. The summed E-state index contributed by atoms with van der Waals surface area (Å²) in [5, 5.41) is 13.0. The lowest BCUT2D eigenvalue weighted by Crippen LogP contribution is -2.53. The van der Waals surface area contributed by atoms with Gasteiger partial charge in [-0.2, -0.15) is 0 Å². The molecule has 5 nitrogen and oxygen atoms in total. The lowest BCUT2D eigenvalue weighted by molar-refractivity contribution is 0.0467. The highest BCUT2D eigenvalue weighted by molar-refractivity contribution is 5.68. The van der Waals surface area contributed by atoms with Gasteiger partial charge in [-0.3, -0.25) is 0 Å². The van der Waals surface area contributed by atoms with Crippen LogP contribution in [0.3, 0.4) is 0 Å². The van der Waals surface area contributed by atoms with E-state index in [4.69, 9.17) is 4.74 Å². The number of carbonyl (C=O) groups is 1. The quantitative estimate of drug-likeness (QED) is 0.899. The zero-order chi connectivity index (χ0) is 17.0. The van der Waals surface area contributed by atoms with E-state index in [0.717, 1.165) is 18.7 Å². The highest BCUT2D eigenvalue weighted by Gasteiger charge is 2.31. The van der Waals surface area contributed by atoms with E-state index in [1.54, 1.807) is 0 Å². The average molecular weight is 320 g/mol. The van der Waals surface area contributed by atoms with Crippen molar-refractivity contribution in [1.82, 2.24) is 5.32 Å². The molecule has 2 rings (SSSR count). The monoisotopic (exact) mass is 320 g/mol. The van der Waals surface area contributed by atoms with Gasteiger partial charge in [0.25, 0.3) is 0 Å². The molecule has 3 unspecified atom stereocenters. The molecule has 0 radical (unpaired) electrons. The molecule has 3 atom stereocenters. The predicted octanol–water partition coefficient (Wildman–Crippen LogP) is 2.79. The normalized spacial score (nSPS) is 23.3. The first kappa shape index (κ1) is 17.6. The number of benzene rings is 1. The molecule has 1 heterocycles. The van der Waals surface area contributed by atoms with Crippen molar-refractivity contribution in [3.8, 4) is 0 Å². The minimum atomic E-state index is -0.512. The minimum Gasteiger partial charge on any atom is -0.444 e. The van der Waals surface area contributed by atoms with E-state index in [1.807, 2.05) is 45.9 Å². The third kappa shape index (κ3) is 5.43. The van der Waals surface area contributed by atoms with E-state index in [1.165, 1.54) is 0 Å². The summed E-state index contributed by atoms with van der Waals surface area (Å²) in [4.78, 5) is 14.2. The number of carbonyl (C=O) groups excluding carboxylic acids is 1. The molecule has 2 N–H and O–H groups in total. The number of nitrogens with one attached hydrogen (secondary N) is 1. The third-order valence-corrected chi connectivity index (χ3v) is 4.01. The van der Waals surface area contributed by atoms with Crippen LogP contribution < -0.4 is 10.2 Å². The summed E-state index contributed by atoms with van der Waals surface area (Å²) in [6.07, 6.45) is -0.0635. The highest BCUT2D eigenvalue weighted by Crippen LogP contribution is 2.25. The maximum absolute atomic E-state index is 12.0. The van der Waals surface area contributed by atoms with Gasteiger partial charge < -0.3 is 20.1 Å². The molecule has 23 heavy (non-hydrogen) atoms. The molecule has 0 saturated carbocycles. The molecule has 0 bridgehead atoms. The SMILES string of the molecule is CC(O)C1CC(NC(=O)OC(C)(C)C)CN(c2ccccc2)C1. The first-order valence-corrected chi connectivity index (χ1v) is 8.22. The molecule has 1 fully saturated rings. The van der Waals surface area contributed by atoms with Crippen LogP contribution in [0.15, 0.2) is 30.3 Å². The number of hydrogen-bond donors (Lipinski definition) is 2. The summed E-state index contributed by atoms with van der Waals surface area (Å²) in [6.45, 7) is 8.86. The number of nitrogens with zero attached hydrogens (tertiary/aromatic N) is 1. The van der Waals surface area contributed by atoms with Gasteiger partial charge in [-0.25, -0.2) is 4.79 Å². The Morgan fingerprint density at radius 3 is 2.52 bits per heavy atom. The summed E-state index contributed by atoms with van der Waals surface area (Å²) in [7, 11) is 0. The molecule has 1 amide bonds. The first-order chi connectivity index (χ1) is 10.7. The van der Waals surface area contributed by atoms with Crippen molar-refractivity contribution in [3.05, 3.63) is 30.3 Å². The van der Waals surface area contributed by atoms with Gasteiger partial charge in [0.2, 0.25) is 0 Å². The number of hydrogen-bond acceptors (Lipinski definition) is 4. The van der Waals surface area contributed by atoms with Crippen LogP contribution in [0.5, 0.6) is 0 Å². The van der Waals surface area contributed by atoms with E-state index in [-0.39, 0.29) is 12.0 Å². The van der Waals surface area contributed by atoms with E-state index < -0.39 is 17.8 Å². The Labute approximate surface area is 138 Å². The largest absolute Gasteiger partial charge is 0.444 e.